The van der Waals surface area contributed by atoms with Crippen molar-refractivity contribution in [2.45, 2.75) is 26.2 Å². The minimum Gasteiger partial charge on any atom is -0.497 e. The lowest BCUT2D eigenvalue weighted by Gasteiger charge is -2.39. The van der Waals surface area contributed by atoms with E-state index in [4.69, 9.17) is 18.9 Å². The number of likely N-dealkylation sites (tertiary alicyclic amines) is 1. The standard InChI is InChI=1S/C24H31NO5/c1-5-6-9-30-22-8-7-19(13-23(22)29-4)24(26)25-15-18(16-25)10-17-11-20(27-2)14-21(12-17)28-3/h7-8,11-14,18H,5-6,9-10,15-16H2,1-4H3. The van der Waals surface area contributed by atoms with Gasteiger partial charge in [-0.05, 0) is 54.7 Å². The topological polar surface area (TPSA) is 57.2 Å². The normalized spacial score (nSPS) is 13.5. The highest BCUT2D eigenvalue weighted by Crippen LogP contribution is 2.31. The van der Waals surface area contributed by atoms with Gasteiger partial charge >= 0.3 is 0 Å². The van der Waals surface area contributed by atoms with Crippen LogP contribution in [-0.4, -0.2) is 51.8 Å². The maximum absolute atomic E-state index is 12.9. The van der Waals surface area contributed by atoms with Crippen LogP contribution in [-0.2, 0) is 6.42 Å². The molecule has 0 radical (unpaired) electrons. The predicted octanol–water partition coefficient (Wildman–Crippen LogP) is 4.21. The number of rotatable bonds is 10. The van der Waals surface area contributed by atoms with Gasteiger partial charge in [0, 0.05) is 24.7 Å². The molecule has 0 aromatic heterocycles. The molecule has 0 bridgehead atoms. The average Bonchev–Trinajstić information content (AvgIpc) is 2.75. The van der Waals surface area contributed by atoms with E-state index in [1.165, 1.54) is 0 Å². The van der Waals surface area contributed by atoms with Crippen LogP contribution < -0.4 is 18.9 Å². The summed E-state index contributed by atoms with van der Waals surface area (Å²) in [5.74, 6) is 3.28. The second kappa shape index (κ2) is 10.2. The van der Waals surface area contributed by atoms with Gasteiger partial charge in [-0.1, -0.05) is 13.3 Å². The quantitative estimate of drug-likeness (QED) is 0.546. The number of benzene rings is 2. The Kier molecular flexibility index (Phi) is 7.44. The summed E-state index contributed by atoms with van der Waals surface area (Å²) in [7, 11) is 4.89. The number of unbranched alkanes of at least 4 members (excludes halogenated alkanes) is 1. The Morgan fingerprint density at radius 3 is 2.27 bits per heavy atom. The molecule has 1 amide bonds. The van der Waals surface area contributed by atoms with E-state index in [0.717, 1.165) is 49.4 Å². The van der Waals surface area contributed by atoms with Crippen LogP contribution in [0.25, 0.3) is 0 Å². The summed E-state index contributed by atoms with van der Waals surface area (Å²) >= 11 is 0. The van der Waals surface area contributed by atoms with Crippen molar-refractivity contribution in [2.75, 3.05) is 41.0 Å². The van der Waals surface area contributed by atoms with Crippen molar-refractivity contribution in [3.05, 3.63) is 47.5 Å². The van der Waals surface area contributed by atoms with Gasteiger partial charge in [-0.3, -0.25) is 4.79 Å². The Labute approximate surface area is 178 Å². The molecule has 0 aliphatic carbocycles. The van der Waals surface area contributed by atoms with Crippen LogP contribution in [0, 0.1) is 5.92 Å². The molecule has 0 N–H and O–H groups in total. The lowest BCUT2D eigenvalue weighted by atomic mass is 9.91. The zero-order valence-corrected chi connectivity index (χ0v) is 18.3. The Morgan fingerprint density at radius 1 is 0.967 bits per heavy atom. The molecule has 1 saturated heterocycles. The van der Waals surface area contributed by atoms with E-state index in [9.17, 15) is 4.79 Å². The first-order valence-corrected chi connectivity index (χ1v) is 10.4. The molecule has 3 rings (SSSR count). The highest BCUT2D eigenvalue weighted by Gasteiger charge is 2.31. The van der Waals surface area contributed by atoms with Gasteiger partial charge in [-0.25, -0.2) is 0 Å². The molecule has 1 heterocycles. The zero-order chi connectivity index (χ0) is 21.5. The van der Waals surface area contributed by atoms with Crippen molar-refractivity contribution in [3.63, 3.8) is 0 Å². The minimum absolute atomic E-state index is 0.0212. The van der Waals surface area contributed by atoms with E-state index in [1.54, 1.807) is 27.4 Å². The van der Waals surface area contributed by atoms with Gasteiger partial charge in [0.1, 0.15) is 11.5 Å². The highest BCUT2D eigenvalue weighted by molar-refractivity contribution is 5.95. The number of methoxy groups -OCH3 is 3. The van der Waals surface area contributed by atoms with Gasteiger partial charge in [0.25, 0.3) is 5.91 Å². The molecular weight excluding hydrogens is 382 g/mol. The zero-order valence-electron chi connectivity index (χ0n) is 18.3. The summed E-state index contributed by atoms with van der Waals surface area (Å²) in [6.45, 7) is 4.22. The summed E-state index contributed by atoms with van der Waals surface area (Å²) in [6, 6.07) is 11.3. The van der Waals surface area contributed by atoms with Gasteiger partial charge < -0.3 is 23.8 Å². The molecule has 0 atom stereocenters. The fourth-order valence-corrected chi connectivity index (χ4v) is 3.61. The van der Waals surface area contributed by atoms with Crippen molar-refractivity contribution >= 4 is 5.91 Å². The molecule has 0 unspecified atom stereocenters. The Bertz CT molecular complexity index is 838. The van der Waals surface area contributed by atoms with E-state index >= 15 is 0 Å². The molecule has 2 aromatic rings. The van der Waals surface area contributed by atoms with Crippen LogP contribution in [0.15, 0.2) is 36.4 Å². The van der Waals surface area contributed by atoms with Crippen molar-refractivity contribution in [3.8, 4) is 23.0 Å². The summed E-state index contributed by atoms with van der Waals surface area (Å²) < 4.78 is 21.9. The number of ether oxygens (including phenoxy) is 4. The van der Waals surface area contributed by atoms with Crippen LogP contribution in [0.1, 0.15) is 35.7 Å². The SMILES string of the molecule is CCCCOc1ccc(C(=O)N2CC(Cc3cc(OC)cc(OC)c3)C2)cc1OC. The largest absolute Gasteiger partial charge is 0.497 e. The highest BCUT2D eigenvalue weighted by atomic mass is 16.5. The van der Waals surface area contributed by atoms with Crippen molar-refractivity contribution in [1.29, 1.82) is 0 Å². The number of carbonyl (C=O) groups excluding carboxylic acids is 1. The minimum atomic E-state index is 0.0212. The van der Waals surface area contributed by atoms with E-state index in [2.05, 4.69) is 6.92 Å². The second-order valence-electron chi connectivity index (χ2n) is 7.57. The van der Waals surface area contributed by atoms with Gasteiger partial charge in [-0.2, -0.15) is 0 Å². The van der Waals surface area contributed by atoms with E-state index in [1.807, 2.05) is 35.2 Å². The molecular formula is C24H31NO5. The number of hydrogen-bond donors (Lipinski definition) is 0. The van der Waals surface area contributed by atoms with Gasteiger partial charge in [-0.15, -0.1) is 0 Å². The van der Waals surface area contributed by atoms with E-state index < -0.39 is 0 Å². The third-order valence-corrected chi connectivity index (χ3v) is 5.35. The number of carbonyl (C=O) groups is 1. The molecule has 1 aliphatic heterocycles. The Balaban J connectivity index is 1.58. The molecule has 162 valence electrons. The molecule has 0 saturated carbocycles. The summed E-state index contributed by atoms with van der Waals surface area (Å²) in [4.78, 5) is 14.7. The molecule has 2 aromatic carbocycles. The van der Waals surface area contributed by atoms with E-state index in [0.29, 0.717) is 29.6 Å². The lowest BCUT2D eigenvalue weighted by Crippen LogP contribution is -2.50. The van der Waals surface area contributed by atoms with Gasteiger partial charge in [0.05, 0.1) is 27.9 Å². The molecule has 6 heteroatoms. The van der Waals surface area contributed by atoms with Gasteiger partial charge in [0.2, 0.25) is 0 Å². The van der Waals surface area contributed by atoms with Crippen LogP contribution in [0.5, 0.6) is 23.0 Å². The number of nitrogens with zero attached hydrogens (tertiary/aromatic N) is 1. The van der Waals surface area contributed by atoms with Crippen LogP contribution in [0.2, 0.25) is 0 Å². The Morgan fingerprint density at radius 2 is 1.67 bits per heavy atom. The second-order valence-corrected chi connectivity index (χ2v) is 7.57. The van der Waals surface area contributed by atoms with Gasteiger partial charge in [0.15, 0.2) is 11.5 Å². The number of amides is 1. The summed E-state index contributed by atoms with van der Waals surface area (Å²) in [5, 5.41) is 0. The lowest BCUT2D eigenvalue weighted by molar-refractivity contribution is 0.0500. The van der Waals surface area contributed by atoms with Crippen molar-refractivity contribution < 1.29 is 23.7 Å². The third kappa shape index (κ3) is 5.17. The first kappa shape index (κ1) is 21.8. The molecule has 6 nitrogen and oxygen atoms in total. The summed E-state index contributed by atoms with van der Waals surface area (Å²) in [6.07, 6.45) is 2.93. The number of hydrogen-bond acceptors (Lipinski definition) is 5. The molecule has 1 aliphatic rings. The smallest absolute Gasteiger partial charge is 0.254 e. The monoisotopic (exact) mass is 413 g/mol. The first-order chi connectivity index (χ1) is 14.6. The predicted molar refractivity (Wildman–Crippen MR) is 116 cm³/mol. The van der Waals surface area contributed by atoms with E-state index in [-0.39, 0.29) is 5.91 Å². The average molecular weight is 414 g/mol. The summed E-state index contributed by atoms with van der Waals surface area (Å²) in [5.41, 5.74) is 1.77. The van der Waals surface area contributed by atoms with Crippen LogP contribution in [0.4, 0.5) is 0 Å². The van der Waals surface area contributed by atoms with Crippen LogP contribution >= 0.6 is 0 Å². The maximum atomic E-state index is 12.9. The molecule has 0 spiro atoms. The third-order valence-electron chi connectivity index (χ3n) is 5.35. The Hall–Kier alpha value is -2.89. The fraction of sp³-hybridized carbons (Fsp3) is 0.458. The van der Waals surface area contributed by atoms with Crippen molar-refractivity contribution in [1.82, 2.24) is 4.90 Å². The molecule has 1 fully saturated rings. The maximum Gasteiger partial charge on any atom is 0.254 e. The fourth-order valence-electron chi connectivity index (χ4n) is 3.61. The van der Waals surface area contributed by atoms with Crippen LogP contribution in [0.3, 0.4) is 0 Å². The molecule has 30 heavy (non-hydrogen) atoms. The first-order valence-electron chi connectivity index (χ1n) is 10.4. The van der Waals surface area contributed by atoms with Crippen molar-refractivity contribution in [2.24, 2.45) is 5.92 Å².